The van der Waals surface area contributed by atoms with Crippen LogP contribution in [-0.2, 0) is 14.8 Å². The number of hydrogen-bond donors (Lipinski definition) is 1. The molecule has 0 atom stereocenters. The fourth-order valence-electron chi connectivity index (χ4n) is 3.75. The third-order valence-electron chi connectivity index (χ3n) is 5.20. The van der Waals surface area contributed by atoms with Crippen molar-refractivity contribution in [1.82, 2.24) is 9.29 Å². The van der Waals surface area contributed by atoms with Gasteiger partial charge in [0, 0.05) is 48.1 Å². The molecule has 0 unspecified atom stereocenters. The number of sulfonamides is 1. The van der Waals surface area contributed by atoms with E-state index in [0.29, 0.717) is 42.5 Å². The third kappa shape index (κ3) is 4.15. The number of halogens is 1. The number of ether oxygens (including phenoxy) is 1. The second-order valence-corrected chi connectivity index (χ2v) is 9.43. The quantitative estimate of drug-likeness (QED) is 0.723. The van der Waals surface area contributed by atoms with Gasteiger partial charge in [0.25, 0.3) is 0 Å². The van der Waals surface area contributed by atoms with E-state index in [4.69, 9.17) is 16.3 Å². The summed E-state index contributed by atoms with van der Waals surface area (Å²) in [6.07, 6.45) is 0. The Morgan fingerprint density at radius 3 is 2.45 bits per heavy atom. The Morgan fingerprint density at radius 1 is 1.17 bits per heavy atom. The van der Waals surface area contributed by atoms with Crippen LogP contribution in [0.1, 0.15) is 34.2 Å². The first-order valence-electron chi connectivity index (χ1n) is 9.54. The van der Waals surface area contributed by atoms with Gasteiger partial charge in [-0.25, -0.2) is 13.2 Å². The second kappa shape index (κ2) is 8.38. The normalized spacial score (nSPS) is 15.6. The van der Waals surface area contributed by atoms with Crippen molar-refractivity contribution >= 4 is 33.3 Å². The van der Waals surface area contributed by atoms with Gasteiger partial charge < -0.3 is 14.6 Å². The maximum absolute atomic E-state index is 13.3. The van der Waals surface area contributed by atoms with Gasteiger partial charge in [-0.05, 0) is 45.4 Å². The summed E-state index contributed by atoms with van der Waals surface area (Å²) in [7, 11) is -3.73. The van der Waals surface area contributed by atoms with Crippen LogP contribution < -0.4 is 4.90 Å². The van der Waals surface area contributed by atoms with Gasteiger partial charge in [-0.3, -0.25) is 0 Å². The Balaban J connectivity index is 1.82. The van der Waals surface area contributed by atoms with E-state index in [1.807, 2.05) is 25.1 Å². The molecular weight excluding hydrogens is 414 g/mol. The number of carbonyl (C=O) groups excluding carboxylic acids is 1. The first-order chi connectivity index (χ1) is 13.7. The number of piperazine rings is 1. The van der Waals surface area contributed by atoms with Crippen LogP contribution in [0.3, 0.4) is 0 Å². The number of benzene rings is 1. The lowest BCUT2D eigenvalue weighted by molar-refractivity contribution is 0.0519. The van der Waals surface area contributed by atoms with E-state index >= 15 is 0 Å². The molecule has 3 rings (SSSR count). The lowest BCUT2D eigenvalue weighted by atomic mass is 10.1. The number of nitrogens with zero attached hydrogens (tertiary/aromatic N) is 2. The number of hydrogen-bond acceptors (Lipinski definition) is 5. The van der Waals surface area contributed by atoms with Crippen molar-refractivity contribution in [1.29, 1.82) is 0 Å². The largest absolute Gasteiger partial charge is 0.461 e. The van der Waals surface area contributed by atoms with E-state index in [0.717, 1.165) is 11.3 Å². The van der Waals surface area contributed by atoms with Crippen molar-refractivity contribution in [3.05, 3.63) is 45.7 Å². The molecule has 1 saturated heterocycles. The number of rotatable bonds is 5. The van der Waals surface area contributed by atoms with Gasteiger partial charge in [0.05, 0.1) is 6.61 Å². The van der Waals surface area contributed by atoms with Crippen LogP contribution in [0.15, 0.2) is 23.1 Å². The summed E-state index contributed by atoms with van der Waals surface area (Å²) in [6, 6.07) is 5.72. The molecular formula is C20H26ClN3O4S. The van der Waals surface area contributed by atoms with Crippen LogP contribution >= 0.6 is 11.6 Å². The summed E-state index contributed by atoms with van der Waals surface area (Å²) in [6.45, 7) is 9.08. The number of anilines is 1. The van der Waals surface area contributed by atoms with E-state index in [1.54, 1.807) is 20.8 Å². The average molecular weight is 440 g/mol. The molecule has 1 N–H and O–H groups in total. The van der Waals surface area contributed by atoms with Gasteiger partial charge in [0.2, 0.25) is 10.0 Å². The fraction of sp³-hybridized carbons (Fsp3) is 0.450. The minimum Gasteiger partial charge on any atom is -0.461 e. The van der Waals surface area contributed by atoms with E-state index < -0.39 is 16.0 Å². The molecule has 7 nitrogen and oxygen atoms in total. The Morgan fingerprint density at radius 2 is 1.83 bits per heavy atom. The first kappa shape index (κ1) is 21.7. The van der Waals surface area contributed by atoms with Gasteiger partial charge in [-0.1, -0.05) is 17.7 Å². The summed E-state index contributed by atoms with van der Waals surface area (Å²) < 4.78 is 33.1. The van der Waals surface area contributed by atoms with Gasteiger partial charge in [-0.15, -0.1) is 0 Å². The van der Waals surface area contributed by atoms with E-state index in [1.165, 1.54) is 4.31 Å². The Bertz CT molecular complexity index is 1020. The number of esters is 1. The van der Waals surface area contributed by atoms with Gasteiger partial charge in [0.1, 0.15) is 10.6 Å². The summed E-state index contributed by atoms with van der Waals surface area (Å²) in [5, 5.41) is 0.658. The molecule has 1 aromatic heterocycles. The number of nitrogens with one attached hydrogen (secondary N) is 1. The molecule has 1 fully saturated rings. The monoisotopic (exact) mass is 439 g/mol. The van der Waals surface area contributed by atoms with Crippen molar-refractivity contribution in [2.75, 3.05) is 37.7 Å². The molecule has 0 bridgehead atoms. The zero-order valence-corrected chi connectivity index (χ0v) is 18.7. The fourth-order valence-corrected chi connectivity index (χ4v) is 5.74. The lowest BCUT2D eigenvalue weighted by Gasteiger charge is -2.36. The second-order valence-electron chi connectivity index (χ2n) is 7.12. The number of aryl methyl sites for hydroxylation is 2. The highest BCUT2D eigenvalue weighted by atomic mass is 35.5. The zero-order valence-electron chi connectivity index (χ0n) is 17.1. The van der Waals surface area contributed by atoms with Crippen LogP contribution in [0, 0.1) is 20.8 Å². The molecule has 0 amide bonds. The molecule has 2 aromatic rings. The van der Waals surface area contributed by atoms with Crippen molar-refractivity contribution in [3.8, 4) is 0 Å². The molecule has 0 aliphatic carbocycles. The van der Waals surface area contributed by atoms with E-state index in [-0.39, 0.29) is 17.2 Å². The molecule has 1 aliphatic heterocycles. The number of H-pyrrole nitrogens is 1. The summed E-state index contributed by atoms with van der Waals surface area (Å²) >= 11 is 6.13. The highest BCUT2D eigenvalue weighted by molar-refractivity contribution is 7.89. The minimum absolute atomic E-state index is 0.160. The number of aromatic nitrogens is 1. The zero-order chi connectivity index (χ0) is 21.3. The molecule has 1 aromatic carbocycles. The minimum atomic E-state index is -3.73. The molecule has 2 heterocycles. The molecule has 29 heavy (non-hydrogen) atoms. The predicted octanol–water partition coefficient (Wildman–Crippen LogP) is 3.28. The number of carbonyl (C=O) groups is 1. The predicted molar refractivity (Wildman–Crippen MR) is 113 cm³/mol. The van der Waals surface area contributed by atoms with Gasteiger partial charge >= 0.3 is 5.97 Å². The molecule has 0 saturated carbocycles. The van der Waals surface area contributed by atoms with Gasteiger partial charge in [-0.2, -0.15) is 4.31 Å². The van der Waals surface area contributed by atoms with Crippen molar-refractivity contribution in [3.63, 3.8) is 0 Å². The van der Waals surface area contributed by atoms with E-state index in [9.17, 15) is 13.2 Å². The molecule has 0 radical (unpaired) electrons. The Hall–Kier alpha value is -2.03. The van der Waals surface area contributed by atoms with Crippen LogP contribution in [0.5, 0.6) is 0 Å². The smallest absolute Gasteiger partial charge is 0.355 e. The molecule has 158 valence electrons. The highest BCUT2D eigenvalue weighted by Crippen LogP contribution is 2.30. The summed E-state index contributed by atoms with van der Waals surface area (Å²) in [4.78, 5) is 17.3. The molecule has 9 heteroatoms. The van der Waals surface area contributed by atoms with Crippen molar-refractivity contribution in [2.24, 2.45) is 0 Å². The summed E-state index contributed by atoms with van der Waals surface area (Å²) in [5.74, 6) is -0.546. The van der Waals surface area contributed by atoms with Gasteiger partial charge in [0.15, 0.2) is 0 Å². The topological polar surface area (TPSA) is 82.7 Å². The maximum Gasteiger partial charge on any atom is 0.355 e. The SMILES string of the molecule is CCOC(=O)c1[nH]c(C)c(S(=O)(=O)N2CCN(c3cc(Cl)ccc3C)CC2)c1C. The lowest BCUT2D eigenvalue weighted by Crippen LogP contribution is -2.49. The van der Waals surface area contributed by atoms with E-state index in [2.05, 4.69) is 9.88 Å². The molecule has 1 aliphatic rings. The molecule has 0 spiro atoms. The van der Waals surface area contributed by atoms with Crippen molar-refractivity contribution < 1.29 is 17.9 Å². The van der Waals surface area contributed by atoms with Crippen LogP contribution in [0.4, 0.5) is 5.69 Å². The maximum atomic E-state index is 13.3. The average Bonchev–Trinajstić information content (AvgIpc) is 2.99. The van der Waals surface area contributed by atoms with Crippen LogP contribution in [-0.4, -0.2) is 56.5 Å². The van der Waals surface area contributed by atoms with Crippen molar-refractivity contribution in [2.45, 2.75) is 32.6 Å². The number of aromatic amines is 1. The summed E-state index contributed by atoms with van der Waals surface area (Å²) in [5.41, 5.74) is 3.15. The first-order valence-corrected chi connectivity index (χ1v) is 11.4. The highest BCUT2D eigenvalue weighted by Gasteiger charge is 2.34. The van der Waals surface area contributed by atoms with Crippen LogP contribution in [0.2, 0.25) is 5.02 Å². The Kier molecular flexibility index (Phi) is 6.26. The third-order valence-corrected chi connectivity index (χ3v) is 7.60. The van der Waals surface area contributed by atoms with Crippen LogP contribution in [0.25, 0.3) is 0 Å². The standard InChI is InChI=1S/C20H26ClN3O4S/c1-5-28-20(25)18-14(3)19(15(4)22-18)29(26,27)24-10-8-23(9-11-24)17-12-16(21)7-6-13(17)2/h6-7,12,22H,5,8-11H2,1-4H3. The Labute approximate surface area is 176 Å².